The molecule has 2 atom stereocenters. The maximum Gasteiger partial charge on any atom is 0.274 e. The van der Waals surface area contributed by atoms with E-state index in [-0.39, 0.29) is 6.04 Å². The fourth-order valence-corrected chi connectivity index (χ4v) is 3.45. The molecule has 0 aliphatic heterocycles. The number of rotatable bonds is 6. The molecule has 0 fully saturated rings. The van der Waals surface area contributed by atoms with E-state index >= 15 is 0 Å². The van der Waals surface area contributed by atoms with Crippen LogP contribution in [0.3, 0.4) is 0 Å². The molecule has 6 heteroatoms. The van der Waals surface area contributed by atoms with E-state index in [9.17, 15) is 0 Å². The van der Waals surface area contributed by atoms with Gasteiger partial charge in [0.15, 0.2) is 6.04 Å². The summed E-state index contributed by atoms with van der Waals surface area (Å²) in [6.45, 7) is 4.30. The molecule has 0 aliphatic carbocycles. The lowest BCUT2D eigenvalue weighted by Crippen LogP contribution is -2.85. The number of halogens is 1. The lowest BCUT2D eigenvalue weighted by molar-refractivity contribution is -0.734. The third-order valence-corrected chi connectivity index (χ3v) is 5.21. The number of aromatic nitrogens is 2. The van der Waals surface area contributed by atoms with Gasteiger partial charge in [-0.3, -0.25) is 0 Å². The Bertz CT molecular complexity index is 740. The molecule has 0 radical (unpaired) electrons. The van der Waals surface area contributed by atoms with Crippen molar-refractivity contribution in [2.45, 2.75) is 32.4 Å². The summed E-state index contributed by atoms with van der Waals surface area (Å²) in [7, 11) is 0. The van der Waals surface area contributed by atoms with E-state index in [1.807, 2.05) is 17.5 Å². The molecule has 0 aliphatic rings. The molecule has 4 nitrogen and oxygen atoms in total. The van der Waals surface area contributed by atoms with E-state index in [4.69, 9.17) is 4.42 Å². The van der Waals surface area contributed by atoms with Crippen LogP contribution in [0.4, 0.5) is 0 Å². The number of quaternary nitrogens is 1. The summed E-state index contributed by atoms with van der Waals surface area (Å²) >= 11 is 5.09. The highest BCUT2D eigenvalue weighted by Crippen LogP contribution is 2.24. The highest BCUT2D eigenvalue weighted by molar-refractivity contribution is 9.10. The number of thiophene rings is 1. The van der Waals surface area contributed by atoms with Gasteiger partial charge in [-0.1, -0.05) is 41.1 Å². The van der Waals surface area contributed by atoms with Crippen LogP contribution in [0.15, 0.2) is 50.7 Å². The minimum Gasteiger partial charge on any atom is -0.414 e. The first-order valence-corrected chi connectivity index (χ1v) is 9.32. The highest BCUT2D eigenvalue weighted by Gasteiger charge is 2.22. The Hall–Kier alpha value is -1.50. The molecule has 0 saturated heterocycles. The summed E-state index contributed by atoms with van der Waals surface area (Å²) in [5.41, 5.74) is 1.31. The second kappa shape index (κ2) is 7.38. The number of nitrogens with zero attached hydrogens (tertiary/aromatic N) is 2. The molecule has 0 unspecified atom stereocenters. The summed E-state index contributed by atoms with van der Waals surface area (Å²) in [4.78, 5) is 1.01. The normalized spacial score (nSPS) is 13.9. The third-order valence-electron chi connectivity index (χ3n) is 3.82. The Labute approximate surface area is 148 Å². The van der Waals surface area contributed by atoms with Crippen LogP contribution in [0, 0.1) is 0 Å². The number of nitrogens with two attached hydrogens (primary N) is 1. The smallest absolute Gasteiger partial charge is 0.274 e. The summed E-state index contributed by atoms with van der Waals surface area (Å²) in [5.74, 6) is 1.27. The quantitative estimate of drug-likeness (QED) is 0.678. The lowest BCUT2D eigenvalue weighted by atomic mass is 10.0. The molecule has 2 aromatic heterocycles. The van der Waals surface area contributed by atoms with Crippen molar-refractivity contribution in [3.05, 3.63) is 57.7 Å². The fourth-order valence-electron chi connectivity index (χ4n) is 2.54. The van der Waals surface area contributed by atoms with Crippen LogP contribution >= 0.6 is 27.3 Å². The maximum absolute atomic E-state index is 5.84. The molecule has 0 bridgehead atoms. The van der Waals surface area contributed by atoms with E-state index < -0.39 is 0 Å². The minimum atomic E-state index is 0.116. The van der Waals surface area contributed by atoms with Crippen LogP contribution in [0.1, 0.15) is 43.8 Å². The lowest BCUT2D eigenvalue weighted by Gasteiger charge is -2.17. The molecule has 23 heavy (non-hydrogen) atoms. The van der Waals surface area contributed by atoms with Gasteiger partial charge < -0.3 is 9.73 Å². The van der Waals surface area contributed by atoms with Crippen molar-refractivity contribution < 1.29 is 9.73 Å². The van der Waals surface area contributed by atoms with E-state index in [0.717, 1.165) is 15.8 Å². The molecule has 2 heterocycles. The zero-order valence-corrected chi connectivity index (χ0v) is 15.5. The first-order valence-electron chi connectivity index (χ1n) is 7.65. The van der Waals surface area contributed by atoms with Gasteiger partial charge in [-0.15, -0.1) is 21.5 Å². The summed E-state index contributed by atoms with van der Waals surface area (Å²) < 4.78 is 6.94. The number of hydrogen-bond acceptors (Lipinski definition) is 4. The van der Waals surface area contributed by atoms with Crippen LogP contribution in [-0.4, -0.2) is 10.2 Å². The highest BCUT2D eigenvalue weighted by atomic mass is 79.9. The van der Waals surface area contributed by atoms with E-state index in [0.29, 0.717) is 17.8 Å². The topological polar surface area (TPSA) is 55.5 Å². The van der Waals surface area contributed by atoms with Gasteiger partial charge in [-0.2, -0.15) is 0 Å². The monoisotopic (exact) mass is 392 g/mol. The predicted molar refractivity (Wildman–Crippen MR) is 95.1 cm³/mol. The Kier molecular flexibility index (Phi) is 5.25. The van der Waals surface area contributed by atoms with E-state index in [1.165, 1.54) is 5.56 Å². The first-order chi connectivity index (χ1) is 11.2. The van der Waals surface area contributed by atoms with Crippen LogP contribution in [-0.2, 0) is 0 Å². The number of benzene rings is 1. The molecule has 3 rings (SSSR count). The Morgan fingerprint density at radius 1 is 1.22 bits per heavy atom. The second-order valence-electron chi connectivity index (χ2n) is 5.47. The maximum atomic E-state index is 5.84. The summed E-state index contributed by atoms with van der Waals surface area (Å²) in [5, 5.41) is 12.7. The van der Waals surface area contributed by atoms with Crippen molar-refractivity contribution >= 4 is 27.3 Å². The Balaban J connectivity index is 1.72. The van der Waals surface area contributed by atoms with Gasteiger partial charge in [0.1, 0.15) is 6.04 Å². The standard InChI is InChI=1S/C17H18BrN3OS/c1-3-14(12-6-8-13(18)9-7-12)19-11(2)16-20-21-17(22-16)15-5-4-10-23-15/h4-11,14,19H,3H2,1-2H3/p+1/t11-,14-/m0/s1. The van der Waals surface area contributed by atoms with E-state index in [2.05, 4.69) is 69.6 Å². The van der Waals surface area contributed by atoms with Crippen molar-refractivity contribution in [3.63, 3.8) is 0 Å². The molecular formula is C17H19BrN3OS+. The van der Waals surface area contributed by atoms with Crippen LogP contribution in [0.2, 0.25) is 0 Å². The van der Waals surface area contributed by atoms with Crippen LogP contribution < -0.4 is 5.32 Å². The van der Waals surface area contributed by atoms with Gasteiger partial charge in [0, 0.05) is 16.5 Å². The SMILES string of the molecule is CC[C@H]([NH2+][C@@H](C)c1nnc(-c2cccs2)o1)c1ccc(Br)cc1. The molecule has 0 saturated carbocycles. The second-order valence-corrected chi connectivity index (χ2v) is 7.33. The van der Waals surface area contributed by atoms with Crippen molar-refractivity contribution in [2.24, 2.45) is 0 Å². The average Bonchev–Trinajstić information content (AvgIpc) is 3.24. The van der Waals surface area contributed by atoms with Gasteiger partial charge >= 0.3 is 0 Å². The predicted octanol–water partition coefficient (Wildman–Crippen LogP) is 4.34. The van der Waals surface area contributed by atoms with Gasteiger partial charge in [0.2, 0.25) is 0 Å². The minimum absolute atomic E-state index is 0.116. The van der Waals surface area contributed by atoms with Crippen LogP contribution in [0.25, 0.3) is 10.8 Å². The first kappa shape index (κ1) is 16.4. The van der Waals surface area contributed by atoms with Crippen LogP contribution in [0.5, 0.6) is 0 Å². The molecular weight excluding hydrogens is 374 g/mol. The van der Waals surface area contributed by atoms with Gasteiger partial charge in [0.25, 0.3) is 11.8 Å². The largest absolute Gasteiger partial charge is 0.414 e. The summed E-state index contributed by atoms with van der Waals surface area (Å²) in [6, 6.07) is 12.9. The van der Waals surface area contributed by atoms with Gasteiger partial charge in [-0.25, -0.2) is 0 Å². The van der Waals surface area contributed by atoms with Crippen molar-refractivity contribution in [3.8, 4) is 10.8 Å². The number of hydrogen-bond donors (Lipinski definition) is 1. The molecule has 1 aromatic carbocycles. The van der Waals surface area contributed by atoms with Gasteiger partial charge in [0.05, 0.1) is 4.88 Å². The molecule has 2 N–H and O–H groups in total. The molecule has 3 aromatic rings. The third kappa shape index (κ3) is 3.88. The Morgan fingerprint density at radius 2 is 2.00 bits per heavy atom. The fraction of sp³-hybridized carbons (Fsp3) is 0.294. The Morgan fingerprint density at radius 3 is 2.65 bits per heavy atom. The average molecular weight is 393 g/mol. The van der Waals surface area contributed by atoms with E-state index in [1.54, 1.807) is 11.3 Å². The molecule has 0 amide bonds. The van der Waals surface area contributed by atoms with Crippen molar-refractivity contribution in [2.75, 3.05) is 0 Å². The van der Waals surface area contributed by atoms with Gasteiger partial charge in [-0.05, 0) is 30.5 Å². The summed E-state index contributed by atoms with van der Waals surface area (Å²) in [6.07, 6.45) is 1.04. The molecule has 120 valence electrons. The molecule has 0 spiro atoms. The van der Waals surface area contributed by atoms with Crippen molar-refractivity contribution in [1.29, 1.82) is 0 Å². The van der Waals surface area contributed by atoms with Crippen molar-refractivity contribution in [1.82, 2.24) is 10.2 Å². The zero-order chi connectivity index (χ0) is 16.2. The zero-order valence-electron chi connectivity index (χ0n) is 13.1.